The van der Waals surface area contributed by atoms with Gasteiger partial charge < -0.3 is 10.6 Å². The molecule has 0 aromatic carbocycles. The maximum Gasteiger partial charge on any atom is 0.222 e. The number of halogens is 1. The first-order valence-electron chi connectivity index (χ1n) is 5.61. The Morgan fingerprint density at radius 1 is 1.53 bits per heavy atom. The van der Waals surface area contributed by atoms with E-state index in [-0.39, 0.29) is 11.8 Å². The van der Waals surface area contributed by atoms with E-state index in [2.05, 4.69) is 37.7 Å². The van der Waals surface area contributed by atoms with E-state index in [9.17, 15) is 4.79 Å². The van der Waals surface area contributed by atoms with E-state index in [1.54, 1.807) is 0 Å². The van der Waals surface area contributed by atoms with Crippen molar-refractivity contribution < 1.29 is 4.79 Å². The number of nitrogens with zero attached hydrogens (tertiary/aromatic N) is 3. The van der Waals surface area contributed by atoms with Crippen molar-refractivity contribution in [3.8, 4) is 0 Å². The van der Waals surface area contributed by atoms with E-state index in [1.165, 1.54) is 6.33 Å². The van der Waals surface area contributed by atoms with Crippen molar-refractivity contribution in [1.29, 1.82) is 0 Å². The number of hydrogen-bond acceptors (Lipinski definition) is 4. The molecule has 1 aliphatic rings. The predicted molar refractivity (Wildman–Crippen MR) is 68.5 cm³/mol. The third kappa shape index (κ3) is 2.74. The molecule has 1 aromatic heterocycles. The summed E-state index contributed by atoms with van der Waals surface area (Å²) in [5.41, 5.74) is 5.38. The minimum Gasteiger partial charge on any atom is -0.369 e. The lowest BCUT2D eigenvalue weighted by Crippen LogP contribution is -2.46. The van der Waals surface area contributed by atoms with Crippen molar-refractivity contribution in [3.63, 3.8) is 0 Å². The molecule has 1 saturated heterocycles. The quantitative estimate of drug-likeness (QED) is 0.836. The Morgan fingerprint density at radius 2 is 2.29 bits per heavy atom. The lowest BCUT2D eigenvalue weighted by Gasteiger charge is -2.37. The number of nitrogens with two attached hydrogens (primary N) is 1. The highest BCUT2D eigenvalue weighted by Crippen LogP contribution is 2.26. The number of piperidine rings is 1. The largest absolute Gasteiger partial charge is 0.369 e. The van der Waals surface area contributed by atoms with Crippen LogP contribution < -0.4 is 10.6 Å². The summed E-state index contributed by atoms with van der Waals surface area (Å²) in [7, 11) is 0. The van der Waals surface area contributed by atoms with E-state index in [4.69, 9.17) is 5.73 Å². The van der Waals surface area contributed by atoms with Gasteiger partial charge in [-0.3, -0.25) is 4.79 Å². The van der Waals surface area contributed by atoms with Crippen molar-refractivity contribution in [2.45, 2.75) is 25.8 Å². The summed E-state index contributed by atoms with van der Waals surface area (Å²) in [6, 6.07) is 2.23. The van der Waals surface area contributed by atoms with E-state index >= 15 is 0 Å². The minimum atomic E-state index is -0.227. The first-order chi connectivity index (χ1) is 8.08. The summed E-state index contributed by atoms with van der Waals surface area (Å²) in [5, 5.41) is 0. The summed E-state index contributed by atoms with van der Waals surface area (Å²) in [5.74, 6) is 0.528. The smallest absolute Gasteiger partial charge is 0.222 e. The van der Waals surface area contributed by atoms with Gasteiger partial charge in [0.1, 0.15) is 16.7 Å². The molecule has 1 amide bonds. The van der Waals surface area contributed by atoms with Gasteiger partial charge in [-0.2, -0.15) is 0 Å². The van der Waals surface area contributed by atoms with Gasteiger partial charge in [-0.15, -0.1) is 0 Å². The van der Waals surface area contributed by atoms with Crippen LogP contribution in [0.25, 0.3) is 0 Å². The molecule has 92 valence electrons. The lowest BCUT2D eigenvalue weighted by molar-refractivity contribution is -0.122. The lowest BCUT2D eigenvalue weighted by atomic mass is 9.93. The Bertz CT molecular complexity index is 426. The molecule has 0 spiro atoms. The number of carbonyl (C=O) groups is 1. The molecule has 0 aliphatic carbocycles. The molecular formula is C11H15BrN4O. The van der Waals surface area contributed by atoms with E-state index < -0.39 is 0 Å². The van der Waals surface area contributed by atoms with Gasteiger partial charge >= 0.3 is 0 Å². The number of rotatable bonds is 2. The van der Waals surface area contributed by atoms with Crippen molar-refractivity contribution in [2.24, 2.45) is 11.7 Å². The zero-order valence-corrected chi connectivity index (χ0v) is 11.2. The Balaban J connectivity index is 2.20. The topological polar surface area (TPSA) is 72.1 Å². The van der Waals surface area contributed by atoms with Crippen LogP contribution >= 0.6 is 15.9 Å². The second-order valence-electron chi connectivity index (χ2n) is 4.38. The molecule has 0 saturated carbocycles. The van der Waals surface area contributed by atoms with Crippen LogP contribution in [0.4, 0.5) is 5.82 Å². The molecule has 17 heavy (non-hydrogen) atoms. The molecule has 2 atom stereocenters. The number of aromatic nitrogens is 2. The third-order valence-corrected chi connectivity index (χ3v) is 3.63. The zero-order valence-electron chi connectivity index (χ0n) is 9.64. The molecule has 1 aromatic rings. The van der Waals surface area contributed by atoms with Crippen LogP contribution in [0.15, 0.2) is 17.0 Å². The first kappa shape index (κ1) is 12.3. The van der Waals surface area contributed by atoms with Crippen LogP contribution in [0.2, 0.25) is 0 Å². The molecule has 0 bridgehead atoms. The average Bonchev–Trinajstić information content (AvgIpc) is 2.29. The average molecular weight is 299 g/mol. The first-order valence-corrected chi connectivity index (χ1v) is 6.40. The zero-order chi connectivity index (χ0) is 12.4. The fourth-order valence-corrected chi connectivity index (χ4v) is 2.44. The van der Waals surface area contributed by atoms with Crippen molar-refractivity contribution in [3.05, 3.63) is 17.0 Å². The number of hydrogen-bond donors (Lipinski definition) is 1. The van der Waals surface area contributed by atoms with Crippen LogP contribution in [0.5, 0.6) is 0 Å². The van der Waals surface area contributed by atoms with Gasteiger partial charge in [0.15, 0.2) is 0 Å². The van der Waals surface area contributed by atoms with Crippen LogP contribution in [-0.2, 0) is 4.79 Å². The second-order valence-corrected chi connectivity index (χ2v) is 5.19. The highest BCUT2D eigenvalue weighted by Gasteiger charge is 2.29. The minimum absolute atomic E-state index is 0.0834. The monoisotopic (exact) mass is 298 g/mol. The summed E-state index contributed by atoms with van der Waals surface area (Å²) in [4.78, 5) is 21.6. The van der Waals surface area contributed by atoms with Gasteiger partial charge in [-0.25, -0.2) is 9.97 Å². The summed E-state index contributed by atoms with van der Waals surface area (Å²) < 4.78 is 0.746. The highest BCUT2D eigenvalue weighted by molar-refractivity contribution is 9.10. The number of primary amides is 1. The predicted octanol–water partition coefficient (Wildman–Crippen LogP) is 1.33. The van der Waals surface area contributed by atoms with E-state index in [0.717, 1.165) is 23.3 Å². The molecule has 1 fully saturated rings. The number of amides is 1. The van der Waals surface area contributed by atoms with Gasteiger partial charge in [-0.05, 0) is 35.7 Å². The molecule has 2 N–H and O–H groups in total. The molecule has 0 radical (unpaired) electrons. The second kappa shape index (κ2) is 5.00. The van der Waals surface area contributed by atoms with Crippen LogP contribution in [-0.4, -0.2) is 28.5 Å². The molecule has 2 heterocycles. The van der Waals surface area contributed by atoms with Gasteiger partial charge in [0.2, 0.25) is 5.91 Å². The Morgan fingerprint density at radius 3 is 2.94 bits per heavy atom. The number of carbonyl (C=O) groups excluding carboxylic acids is 1. The summed E-state index contributed by atoms with van der Waals surface area (Å²) >= 11 is 3.32. The fourth-order valence-electron chi connectivity index (χ4n) is 2.14. The fraction of sp³-hybridized carbons (Fsp3) is 0.545. The maximum absolute atomic E-state index is 11.3. The Hall–Kier alpha value is -1.17. The van der Waals surface area contributed by atoms with Crippen LogP contribution in [0.1, 0.15) is 19.8 Å². The van der Waals surface area contributed by atoms with Gasteiger partial charge in [-0.1, -0.05) is 0 Å². The van der Waals surface area contributed by atoms with Crippen molar-refractivity contribution in [2.75, 3.05) is 11.4 Å². The van der Waals surface area contributed by atoms with Crippen LogP contribution in [0.3, 0.4) is 0 Å². The SMILES string of the molecule is CC1CCC(C(N)=O)CN1c1cc(Br)ncn1. The maximum atomic E-state index is 11.3. The number of anilines is 1. The standard InChI is InChI=1S/C11H15BrN4O/c1-7-2-3-8(11(13)17)5-16(7)10-4-9(12)14-6-15-10/h4,6-8H,2-3,5H2,1H3,(H2,13,17). The Kier molecular flexibility index (Phi) is 3.61. The van der Waals surface area contributed by atoms with Gasteiger partial charge in [0.05, 0.1) is 5.92 Å². The molecule has 2 unspecified atom stereocenters. The normalized spacial score (nSPS) is 24.7. The van der Waals surface area contributed by atoms with Gasteiger partial charge in [0, 0.05) is 18.7 Å². The van der Waals surface area contributed by atoms with E-state index in [0.29, 0.717) is 12.6 Å². The molecule has 2 rings (SSSR count). The van der Waals surface area contributed by atoms with Crippen LogP contribution in [0, 0.1) is 5.92 Å². The molecular weight excluding hydrogens is 284 g/mol. The molecule has 1 aliphatic heterocycles. The van der Waals surface area contributed by atoms with Gasteiger partial charge in [0.25, 0.3) is 0 Å². The highest BCUT2D eigenvalue weighted by atomic mass is 79.9. The van der Waals surface area contributed by atoms with Crippen molar-refractivity contribution in [1.82, 2.24) is 9.97 Å². The van der Waals surface area contributed by atoms with E-state index in [1.807, 2.05) is 6.07 Å². The van der Waals surface area contributed by atoms with Crippen molar-refractivity contribution >= 4 is 27.7 Å². The third-order valence-electron chi connectivity index (χ3n) is 3.20. The summed E-state index contributed by atoms with van der Waals surface area (Å²) in [6.07, 6.45) is 3.33. The Labute approximate surface area is 109 Å². The summed E-state index contributed by atoms with van der Waals surface area (Å²) in [6.45, 7) is 2.77. The molecule has 5 nitrogen and oxygen atoms in total. The molecule has 6 heteroatoms.